The van der Waals surface area contributed by atoms with Crippen molar-refractivity contribution in [3.63, 3.8) is 0 Å². The van der Waals surface area contributed by atoms with Gasteiger partial charge in [-0.25, -0.2) is 0 Å². The van der Waals surface area contributed by atoms with Crippen molar-refractivity contribution in [3.8, 4) is 51.6 Å². The Bertz CT molecular complexity index is 1100. The molecule has 142 valence electrons. The molecule has 0 aliphatic heterocycles. The molecule has 2 aromatic carbocycles. The van der Waals surface area contributed by atoms with Crippen molar-refractivity contribution in [3.05, 3.63) is 28.4 Å². The number of hydrogen-bond acceptors (Lipinski definition) is 9. The van der Waals surface area contributed by atoms with Crippen LogP contribution in [0.25, 0.3) is 22.3 Å². The number of aromatic hydroxyl groups is 4. The highest BCUT2D eigenvalue weighted by atomic mass is 16.5. The van der Waals surface area contributed by atoms with Gasteiger partial charge in [-0.15, -0.1) is 0 Å². The first-order valence-corrected chi connectivity index (χ1v) is 7.58. The molecule has 0 spiro atoms. The van der Waals surface area contributed by atoms with Gasteiger partial charge >= 0.3 is 0 Å². The third-order valence-corrected chi connectivity index (χ3v) is 3.99. The van der Waals surface area contributed by atoms with Crippen LogP contribution in [0.3, 0.4) is 0 Å². The number of phenols is 4. The van der Waals surface area contributed by atoms with E-state index in [0.717, 1.165) is 12.1 Å². The fourth-order valence-electron chi connectivity index (χ4n) is 2.76. The van der Waals surface area contributed by atoms with Crippen LogP contribution in [0.5, 0.6) is 40.2 Å². The molecular weight excluding hydrogens is 360 g/mol. The Morgan fingerprint density at radius 3 is 2.00 bits per heavy atom. The molecule has 9 nitrogen and oxygen atoms in total. The van der Waals surface area contributed by atoms with Crippen LogP contribution < -0.4 is 19.6 Å². The molecule has 0 fully saturated rings. The fourth-order valence-corrected chi connectivity index (χ4v) is 2.76. The van der Waals surface area contributed by atoms with Crippen molar-refractivity contribution in [2.45, 2.75) is 0 Å². The second-order valence-electron chi connectivity index (χ2n) is 5.49. The van der Waals surface area contributed by atoms with Crippen LogP contribution in [-0.4, -0.2) is 41.8 Å². The highest BCUT2D eigenvalue weighted by Crippen LogP contribution is 2.46. The summed E-state index contributed by atoms with van der Waals surface area (Å²) >= 11 is 0. The minimum Gasteiger partial charge on any atom is -0.507 e. The minimum atomic E-state index is -0.754. The van der Waals surface area contributed by atoms with Crippen LogP contribution in [-0.2, 0) is 0 Å². The van der Waals surface area contributed by atoms with Gasteiger partial charge in [0.1, 0.15) is 16.9 Å². The first-order valence-electron chi connectivity index (χ1n) is 7.58. The molecule has 3 rings (SSSR count). The van der Waals surface area contributed by atoms with E-state index >= 15 is 0 Å². The van der Waals surface area contributed by atoms with Gasteiger partial charge in [0, 0.05) is 12.1 Å². The third kappa shape index (κ3) is 2.69. The maximum absolute atomic E-state index is 12.8. The van der Waals surface area contributed by atoms with Gasteiger partial charge in [-0.1, -0.05) is 0 Å². The summed E-state index contributed by atoms with van der Waals surface area (Å²) in [5, 5.41) is 39.8. The summed E-state index contributed by atoms with van der Waals surface area (Å²) in [6.07, 6.45) is 0. The summed E-state index contributed by atoms with van der Waals surface area (Å²) in [6, 6.07) is 3.19. The summed E-state index contributed by atoms with van der Waals surface area (Å²) < 4.78 is 20.9. The van der Waals surface area contributed by atoms with Crippen LogP contribution in [0.1, 0.15) is 0 Å². The number of hydrogen-bond donors (Lipinski definition) is 4. The Balaban J connectivity index is 2.50. The van der Waals surface area contributed by atoms with Gasteiger partial charge in [0.15, 0.2) is 28.6 Å². The minimum absolute atomic E-state index is 0.0123. The predicted molar refractivity (Wildman–Crippen MR) is 94.2 cm³/mol. The SMILES string of the molecule is COc1cc(-c2oc3c(OC)c(O)cc(O)c3c(=O)c2OC)c(O)cc1O. The molecule has 0 saturated heterocycles. The lowest BCUT2D eigenvalue weighted by Crippen LogP contribution is -2.08. The van der Waals surface area contributed by atoms with Gasteiger partial charge in [0.2, 0.25) is 16.9 Å². The molecular formula is C18H16O9. The van der Waals surface area contributed by atoms with Crippen molar-refractivity contribution < 1.29 is 39.1 Å². The third-order valence-electron chi connectivity index (χ3n) is 3.99. The highest BCUT2D eigenvalue weighted by Gasteiger charge is 2.26. The molecule has 1 heterocycles. The zero-order valence-electron chi connectivity index (χ0n) is 14.6. The quantitative estimate of drug-likeness (QED) is 0.540. The monoisotopic (exact) mass is 376 g/mol. The first-order chi connectivity index (χ1) is 12.8. The van der Waals surface area contributed by atoms with Crippen molar-refractivity contribution in [1.82, 2.24) is 0 Å². The van der Waals surface area contributed by atoms with Gasteiger partial charge in [0.05, 0.1) is 26.9 Å². The Morgan fingerprint density at radius 1 is 0.778 bits per heavy atom. The molecule has 0 unspecified atom stereocenters. The zero-order valence-corrected chi connectivity index (χ0v) is 14.6. The van der Waals surface area contributed by atoms with Crippen LogP contribution >= 0.6 is 0 Å². The maximum atomic E-state index is 12.8. The molecule has 1 aromatic heterocycles. The molecule has 0 radical (unpaired) electrons. The van der Waals surface area contributed by atoms with E-state index in [0.29, 0.717) is 0 Å². The molecule has 0 aliphatic rings. The Labute approximate surface area is 152 Å². The Kier molecular flexibility index (Phi) is 4.36. The fraction of sp³-hybridized carbons (Fsp3) is 0.167. The largest absolute Gasteiger partial charge is 0.507 e. The van der Waals surface area contributed by atoms with E-state index in [1.54, 1.807) is 0 Å². The van der Waals surface area contributed by atoms with E-state index in [9.17, 15) is 25.2 Å². The smallest absolute Gasteiger partial charge is 0.239 e. The normalized spacial score (nSPS) is 10.8. The van der Waals surface area contributed by atoms with Gasteiger partial charge in [0.25, 0.3) is 0 Å². The summed E-state index contributed by atoms with van der Waals surface area (Å²) in [6.45, 7) is 0. The highest BCUT2D eigenvalue weighted by molar-refractivity contribution is 5.93. The lowest BCUT2D eigenvalue weighted by atomic mass is 10.1. The number of fused-ring (bicyclic) bond motifs is 1. The predicted octanol–water partition coefficient (Wildman–Crippen LogP) is 2.31. The number of rotatable bonds is 4. The van der Waals surface area contributed by atoms with Crippen molar-refractivity contribution in [1.29, 1.82) is 0 Å². The summed E-state index contributed by atoms with van der Waals surface area (Å²) in [7, 11) is 3.77. The van der Waals surface area contributed by atoms with Crippen LogP contribution in [0.2, 0.25) is 0 Å². The topological polar surface area (TPSA) is 139 Å². The van der Waals surface area contributed by atoms with Crippen molar-refractivity contribution in [2.24, 2.45) is 0 Å². The number of ether oxygens (including phenoxy) is 3. The maximum Gasteiger partial charge on any atom is 0.239 e. The second-order valence-corrected chi connectivity index (χ2v) is 5.49. The van der Waals surface area contributed by atoms with Crippen LogP contribution in [0.4, 0.5) is 0 Å². The van der Waals surface area contributed by atoms with E-state index in [1.165, 1.54) is 27.4 Å². The van der Waals surface area contributed by atoms with E-state index in [1.807, 2.05) is 0 Å². The summed E-state index contributed by atoms with van der Waals surface area (Å²) in [4.78, 5) is 12.8. The number of phenolic OH excluding ortho intramolecular Hbond substituents is 4. The molecule has 0 atom stereocenters. The molecule has 4 N–H and O–H groups in total. The Morgan fingerprint density at radius 2 is 1.41 bits per heavy atom. The average Bonchev–Trinajstić information content (AvgIpc) is 2.61. The average molecular weight is 376 g/mol. The number of methoxy groups -OCH3 is 3. The van der Waals surface area contributed by atoms with Crippen LogP contribution in [0, 0.1) is 0 Å². The van der Waals surface area contributed by atoms with E-state index in [-0.39, 0.29) is 45.3 Å². The van der Waals surface area contributed by atoms with Gasteiger partial charge in [-0.3, -0.25) is 4.79 Å². The molecule has 27 heavy (non-hydrogen) atoms. The molecule has 0 saturated carbocycles. The van der Waals surface area contributed by atoms with Gasteiger partial charge in [-0.05, 0) is 6.07 Å². The summed E-state index contributed by atoms with van der Waals surface area (Å²) in [5.41, 5.74) is -1.02. The van der Waals surface area contributed by atoms with E-state index in [2.05, 4.69) is 0 Å². The van der Waals surface area contributed by atoms with Gasteiger partial charge in [-0.2, -0.15) is 0 Å². The molecule has 3 aromatic rings. The molecule has 0 aliphatic carbocycles. The lowest BCUT2D eigenvalue weighted by molar-refractivity contribution is 0.362. The standard InChI is InChI=1S/C18H16O9/c1-24-12-4-7(8(19)5-9(12)20)15-18(26-3)14(23)13-10(21)6-11(22)16(25-2)17(13)27-15/h4-6,19-22H,1-3H3. The molecule has 0 amide bonds. The molecule has 9 heteroatoms. The van der Waals surface area contributed by atoms with E-state index in [4.69, 9.17) is 18.6 Å². The lowest BCUT2D eigenvalue weighted by Gasteiger charge is -2.14. The van der Waals surface area contributed by atoms with E-state index < -0.39 is 22.7 Å². The van der Waals surface area contributed by atoms with Crippen molar-refractivity contribution >= 4 is 11.0 Å². The second kappa shape index (κ2) is 6.52. The number of benzene rings is 2. The Hall–Kier alpha value is -3.75. The van der Waals surface area contributed by atoms with Gasteiger partial charge < -0.3 is 39.1 Å². The zero-order chi connectivity index (χ0) is 19.9. The first kappa shape index (κ1) is 18.1. The van der Waals surface area contributed by atoms with Crippen LogP contribution in [0.15, 0.2) is 27.4 Å². The van der Waals surface area contributed by atoms with Crippen molar-refractivity contribution in [2.75, 3.05) is 21.3 Å². The molecule has 0 bridgehead atoms. The summed E-state index contributed by atoms with van der Waals surface area (Å²) in [5.74, 6) is -2.43.